The molecule has 0 bridgehead atoms. The number of halogens is 4. The van der Waals surface area contributed by atoms with Crippen LogP contribution in [-0.2, 0) is 11.8 Å². The number of ether oxygens (including phenoxy) is 2. The SMILES string of the molecule is COC(=O)Nc1cc(-c2ccc(OC(F)(F)F)cc2)c2ncn(C)c2c1Br. The average Bonchev–Trinajstić information content (AvgIpc) is 2.99. The van der Waals surface area contributed by atoms with Crippen molar-refractivity contribution in [1.29, 1.82) is 0 Å². The van der Waals surface area contributed by atoms with E-state index >= 15 is 0 Å². The van der Waals surface area contributed by atoms with E-state index in [0.29, 0.717) is 32.3 Å². The number of aromatic nitrogens is 2. The summed E-state index contributed by atoms with van der Waals surface area (Å²) in [6, 6.07) is 7.07. The molecule has 10 heteroatoms. The number of anilines is 1. The molecule has 27 heavy (non-hydrogen) atoms. The number of imidazole rings is 1. The molecule has 1 N–H and O–H groups in total. The minimum Gasteiger partial charge on any atom is -0.453 e. The number of aryl methyl sites for hydroxylation is 1. The molecule has 2 aromatic carbocycles. The van der Waals surface area contributed by atoms with Gasteiger partial charge in [0, 0.05) is 12.6 Å². The molecular weight excluding hydrogens is 431 g/mol. The van der Waals surface area contributed by atoms with Crippen molar-refractivity contribution in [3.05, 3.63) is 41.1 Å². The minimum atomic E-state index is -4.76. The fourth-order valence-electron chi connectivity index (χ4n) is 2.60. The number of carbonyl (C=O) groups excluding carboxylic acids is 1. The minimum absolute atomic E-state index is 0.325. The number of amides is 1. The lowest BCUT2D eigenvalue weighted by Crippen LogP contribution is -2.16. The van der Waals surface area contributed by atoms with Crippen LogP contribution >= 0.6 is 15.9 Å². The molecule has 0 aliphatic rings. The summed E-state index contributed by atoms with van der Waals surface area (Å²) in [4.78, 5) is 16.0. The predicted molar refractivity (Wildman–Crippen MR) is 96.6 cm³/mol. The molecule has 142 valence electrons. The van der Waals surface area contributed by atoms with Crippen molar-refractivity contribution >= 4 is 38.7 Å². The van der Waals surface area contributed by atoms with Gasteiger partial charge in [-0.1, -0.05) is 12.1 Å². The number of carbonyl (C=O) groups is 1. The average molecular weight is 444 g/mol. The molecule has 0 aliphatic carbocycles. The summed E-state index contributed by atoms with van der Waals surface area (Å²) in [6.07, 6.45) is -3.82. The van der Waals surface area contributed by atoms with Gasteiger partial charge in [-0.2, -0.15) is 0 Å². The predicted octanol–water partition coefficient (Wildman–Crippen LogP) is 5.08. The van der Waals surface area contributed by atoms with Crippen molar-refractivity contribution in [2.45, 2.75) is 6.36 Å². The second-order valence-electron chi connectivity index (χ2n) is 5.53. The monoisotopic (exact) mass is 443 g/mol. The van der Waals surface area contributed by atoms with Crippen molar-refractivity contribution in [3.8, 4) is 16.9 Å². The zero-order valence-electron chi connectivity index (χ0n) is 14.1. The van der Waals surface area contributed by atoms with Gasteiger partial charge in [0.25, 0.3) is 0 Å². The largest absolute Gasteiger partial charge is 0.573 e. The molecule has 1 amide bonds. The molecule has 0 saturated carbocycles. The molecule has 0 unspecified atom stereocenters. The highest BCUT2D eigenvalue weighted by Gasteiger charge is 2.31. The maximum absolute atomic E-state index is 12.3. The Morgan fingerprint density at radius 2 is 1.93 bits per heavy atom. The van der Waals surface area contributed by atoms with Gasteiger partial charge >= 0.3 is 12.5 Å². The highest BCUT2D eigenvalue weighted by Crippen LogP contribution is 2.38. The number of hydrogen-bond donors (Lipinski definition) is 1. The first-order valence-corrected chi connectivity index (χ1v) is 8.33. The van der Waals surface area contributed by atoms with E-state index < -0.39 is 12.5 Å². The third-order valence-corrected chi connectivity index (χ3v) is 4.55. The number of nitrogens with zero attached hydrogens (tertiary/aromatic N) is 2. The van der Waals surface area contributed by atoms with Gasteiger partial charge in [0.05, 0.1) is 34.6 Å². The first-order valence-electron chi connectivity index (χ1n) is 7.54. The van der Waals surface area contributed by atoms with Crippen LogP contribution in [0.25, 0.3) is 22.2 Å². The molecule has 0 atom stereocenters. The Balaban J connectivity index is 2.10. The third kappa shape index (κ3) is 4.00. The second kappa shape index (κ2) is 7.10. The van der Waals surface area contributed by atoms with Crippen LogP contribution in [0.2, 0.25) is 0 Å². The van der Waals surface area contributed by atoms with Crippen LogP contribution in [0.5, 0.6) is 5.75 Å². The Morgan fingerprint density at radius 3 is 2.52 bits per heavy atom. The summed E-state index contributed by atoms with van der Waals surface area (Å²) in [7, 11) is 3.03. The van der Waals surface area contributed by atoms with E-state index in [9.17, 15) is 18.0 Å². The van der Waals surface area contributed by atoms with Crippen LogP contribution in [0.4, 0.5) is 23.7 Å². The summed E-state index contributed by atoms with van der Waals surface area (Å²) < 4.78 is 47.9. The first-order chi connectivity index (χ1) is 12.7. The van der Waals surface area contributed by atoms with Crippen molar-refractivity contribution < 1.29 is 27.4 Å². The molecule has 0 aliphatic heterocycles. The fraction of sp³-hybridized carbons (Fsp3) is 0.176. The van der Waals surface area contributed by atoms with Gasteiger partial charge in [0.15, 0.2) is 0 Å². The Hall–Kier alpha value is -2.75. The molecule has 6 nitrogen and oxygen atoms in total. The number of alkyl halides is 3. The van der Waals surface area contributed by atoms with Crippen LogP contribution in [0.15, 0.2) is 41.1 Å². The molecule has 0 radical (unpaired) electrons. The van der Waals surface area contributed by atoms with Gasteiger partial charge in [0.2, 0.25) is 0 Å². The Bertz CT molecular complexity index is 1000. The van der Waals surface area contributed by atoms with Gasteiger partial charge in [-0.15, -0.1) is 13.2 Å². The summed E-state index contributed by atoms with van der Waals surface area (Å²) >= 11 is 3.44. The number of methoxy groups -OCH3 is 1. The van der Waals surface area contributed by atoms with Crippen LogP contribution in [0.1, 0.15) is 0 Å². The molecule has 0 fully saturated rings. The Morgan fingerprint density at radius 1 is 1.26 bits per heavy atom. The zero-order valence-corrected chi connectivity index (χ0v) is 15.7. The van der Waals surface area contributed by atoms with Crippen molar-refractivity contribution in [2.24, 2.45) is 7.05 Å². The standard InChI is InChI=1S/C17H13BrF3N3O3/c1-24-8-22-14-11(7-12(13(18)15(14)24)23-16(25)26-2)9-3-5-10(6-4-9)27-17(19,20)21/h3-8H,1-2H3,(H,23,25). The topological polar surface area (TPSA) is 65.4 Å². The lowest BCUT2D eigenvalue weighted by Gasteiger charge is -2.13. The number of nitrogens with one attached hydrogen (secondary N) is 1. The van der Waals surface area contributed by atoms with E-state index in [1.165, 1.54) is 31.4 Å². The zero-order chi connectivity index (χ0) is 19.8. The summed E-state index contributed by atoms with van der Waals surface area (Å²) in [5, 5.41) is 2.60. The van der Waals surface area contributed by atoms with E-state index in [1.54, 1.807) is 24.0 Å². The maximum Gasteiger partial charge on any atom is 0.573 e. The maximum atomic E-state index is 12.3. The van der Waals surface area contributed by atoms with Crippen LogP contribution in [0, 0.1) is 0 Å². The molecule has 0 saturated heterocycles. The van der Waals surface area contributed by atoms with E-state index in [0.717, 1.165) is 0 Å². The van der Waals surface area contributed by atoms with Crippen molar-refractivity contribution in [1.82, 2.24) is 9.55 Å². The fourth-order valence-corrected chi connectivity index (χ4v) is 3.28. The van der Waals surface area contributed by atoms with E-state index in [1.807, 2.05) is 0 Å². The second-order valence-corrected chi connectivity index (χ2v) is 6.32. The van der Waals surface area contributed by atoms with E-state index in [4.69, 9.17) is 0 Å². The normalized spacial score (nSPS) is 11.5. The smallest absolute Gasteiger partial charge is 0.453 e. The molecule has 0 spiro atoms. The van der Waals surface area contributed by atoms with Crippen LogP contribution in [0.3, 0.4) is 0 Å². The summed E-state index contributed by atoms with van der Waals surface area (Å²) in [6.45, 7) is 0. The van der Waals surface area contributed by atoms with Crippen molar-refractivity contribution in [3.63, 3.8) is 0 Å². The van der Waals surface area contributed by atoms with Gasteiger partial charge in [-0.3, -0.25) is 5.32 Å². The van der Waals surface area contributed by atoms with Gasteiger partial charge in [-0.25, -0.2) is 9.78 Å². The highest BCUT2D eigenvalue weighted by atomic mass is 79.9. The highest BCUT2D eigenvalue weighted by molar-refractivity contribution is 9.10. The Kier molecular flexibility index (Phi) is 5.01. The summed E-state index contributed by atoms with van der Waals surface area (Å²) in [5.74, 6) is -0.325. The Labute approximate surface area is 160 Å². The van der Waals surface area contributed by atoms with Crippen LogP contribution < -0.4 is 10.1 Å². The third-order valence-electron chi connectivity index (χ3n) is 3.75. The molecule has 1 aromatic heterocycles. The van der Waals surface area contributed by atoms with E-state index in [-0.39, 0.29) is 5.75 Å². The number of benzene rings is 2. The number of fused-ring (bicyclic) bond motifs is 1. The number of hydrogen-bond acceptors (Lipinski definition) is 4. The quantitative estimate of drug-likeness (QED) is 0.612. The van der Waals surface area contributed by atoms with Gasteiger partial charge in [0.1, 0.15) is 5.75 Å². The molecule has 3 rings (SSSR count). The lowest BCUT2D eigenvalue weighted by atomic mass is 10.0. The van der Waals surface area contributed by atoms with Crippen molar-refractivity contribution in [2.75, 3.05) is 12.4 Å². The van der Waals surface area contributed by atoms with E-state index in [2.05, 4.69) is 35.7 Å². The molecule has 1 heterocycles. The lowest BCUT2D eigenvalue weighted by molar-refractivity contribution is -0.274. The van der Waals surface area contributed by atoms with Gasteiger partial charge in [-0.05, 0) is 39.7 Å². The first kappa shape index (κ1) is 19.0. The van der Waals surface area contributed by atoms with Crippen LogP contribution in [-0.4, -0.2) is 29.1 Å². The van der Waals surface area contributed by atoms with Gasteiger partial charge < -0.3 is 14.0 Å². The molecule has 3 aromatic rings. The molecular formula is C17H13BrF3N3O3. The number of rotatable bonds is 3. The summed E-state index contributed by atoms with van der Waals surface area (Å²) in [5.41, 5.74) is 2.98.